The molecule has 1 N–H and O–H groups in total. The molecule has 2 nitrogen and oxygen atoms in total. The molecular weight excluding hydrogens is 253 g/mol. The lowest BCUT2D eigenvalue weighted by atomic mass is 9.95. The van der Waals surface area contributed by atoms with Gasteiger partial charge in [-0.3, -0.25) is 0 Å². The summed E-state index contributed by atoms with van der Waals surface area (Å²) in [6.07, 6.45) is 1.94. The Hall–Kier alpha value is -0.930. The Labute approximate surface area is 122 Å². The molecule has 1 rings (SSSR count). The molecule has 0 amide bonds. The van der Waals surface area contributed by atoms with Crippen molar-refractivity contribution in [1.82, 2.24) is 5.32 Å². The Morgan fingerprint density at radius 3 is 2.65 bits per heavy atom. The number of halogens is 1. The largest absolute Gasteiger partial charge is 0.381 e. The summed E-state index contributed by atoms with van der Waals surface area (Å²) < 4.78 is 19.6. The fraction of sp³-hybridized carbons (Fsp3) is 0.647. The first-order valence-electron chi connectivity index (χ1n) is 7.68. The van der Waals surface area contributed by atoms with Crippen LogP contribution in [0.1, 0.15) is 45.1 Å². The minimum absolute atomic E-state index is 0.111. The van der Waals surface area contributed by atoms with Crippen LogP contribution in [0, 0.1) is 11.7 Å². The van der Waals surface area contributed by atoms with Crippen molar-refractivity contribution in [2.75, 3.05) is 26.3 Å². The number of ether oxygens (including phenoxy) is 1. The van der Waals surface area contributed by atoms with E-state index in [1.54, 1.807) is 6.07 Å². The van der Waals surface area contributed by atoms with E-state index in [0.717, 1.165) is 38.1 Å². The first-order valence-corrected chi connectivity index (χ1v) is 7.68. The van der Waals surface area contributed by atoms with Gasteiger partial charge in [-0.25, -0.2) is 4.39 Å². The van der Waals surface area contributed by atoms with Crippen molar-refractivity contribution in [2.45, 2.75) is 39.5 Å². The monoisotopic (exact) mass is 281 g/mol. The van der Waals surface area contributed by atoms with Gasteiger partial charge in [-0.1, -0.05) is 39.0 Å². The number of hydrogen-bond donors (Lipinski definition) is 1. The summed E-state index contributed by atoms with van der Waals surface area (Å²) in [6.45, 7) is 9.64. The minimum atomic E-state index is -0.111. The van der Waals surface area contributed by atoms with Crippen LogP contribution in [0.5, 0.6) is 0 Å². The zero-order valence-corrected chi connectivity index (χ0v) is 13.0. The van der Waals surface area contributed by atoms with Crippen molar-refractivity contribution in [3.63, 3.8) is 0 Å². The van der Waals surface area contributed by atoms with Gasteiger partial charge in [0, 0.05) is 25.7 Å². The third-order valence-electron chi connectivity index (χ3n) is 3.22. The molecule has 0 spiro atoms. The van der Waals surface area contributed by atoms with Crippen molar-refractivity contribution in [3.05, 3.63) is 35.6 Å². The van der Waals surface area contributed by atoms with E-state index in [0.29, 0.717) is 12.5 Å². The van der Waals surface area contributed by atoms with Gasteiger partial charge in [0.1, 0.15) is 5.82 Å². The second-order valence-corrected chi connectivity index (χ2v) is 5.68. The SMILES string of the molecule is CCCNCC(CCOCC(C)C)c1ccccc1F. The molecule has 1 atom stereocenters. The van der Waals surface area contributed by atoms with E-state index in [1.807, 2.05) is 12.1 Å². The van der Waals surface area contributed by atoms with E-state index in [1.165, 1.54) is 6.07 Å². The standard InChI is InChI=1S/C17H28FNO/c1-4-10-19-12-15(9-11-20-13-14(2)3)16-7-5-6-8-17(16)18/h5-8,14-15,19H,4,9-13H2,1-3H3. The lowest BCUT2D eigenvalue weighted by Crippen LogP contribution is -2.24. The number of nitrogens with one attached hydrogen (secondary N) is 1. The van der Waals surface area contributed by atoms with Crippen molar-refractivity contribution in [3.8, 4) is 0 Å². The van der Waals surface area contributed by atoms with E-state index in [2.05, 4.69) is 26.1 Å². The maximum atomic E-state index is 13.9. The molecule has 0 bridgehead atoms. The maximum Gasteiger partial charge on any atom is 0.126 e. The molecule has 20 heavy (non-hydrogen) atoms. The number of rotatable bonds is 10. The number of hydrogen-bond acceptors (Lipinski definition) is 2. The summed E-state index contributed by atoms with van der Waals surface area (Å²) in [5.74, 6) is 0.606. The second-order valence-electron chi connectivity index (χ2n) is 5.68. The summed E-state index contributed by atoms with van der Waals surface area (Å²) in [5, 5.41) is 3.39. The Kier molecular flexibility index (Phi) is 8.47. The van der Waals surface area contributed by atoms with Crippen LogP contribution in [-0.2, 0) is 4.74 Å². The molecule has 0 saturated heterocycles. The van der Waals surface area contributed by atoms with Gasteiger partial charge in [-0.2, -0.15) is 0 Å². The van der Waals surface area contributed by atoms with Crippen molar-refractivity contribution < 1.29 is 9.13 Å². The predicted octanol–water partition coefficient (Wildman–Crippen LogP) is 3.97. The molecule has 0 aliphatic heterocycles. The molecule has 1 aromatic carbocycles. The third kappa shape index (κ3) is 6.49. The van der Waals surface area contributed by atoms with Crippen LogP contribution < -0.4 is 5.32 Å². The summed E-state index contributed by atoms with van der Waals surface area (Å²) in [5.41, 5.74) is 0.796. The molecule has 0 aromatic heterocycles. The van der Waals surface area contributed by atoms with Gasteiger partial charge < -0.3 is 10.1 Å². The highest BCUT2D eigenvalue weighted by molar-refractivity contribution is 5.22. The van der Waals surface area contributed by atoms with Crippen LogP contribution in [-0.4, -0.2) is 26.3 Å². The highest BCUT2D eigenvalue weighted by Crippen LogP contribution is 2.22. The van der Waals surface area contributed by atoms with Gasteiger partial charge in [0.2, 0.25) is 0 Å². The first kappa shape index (κ1) is 17.1. The highest BCUT2D eigenvalue weighted by atomic mass is 19.1. The molecule has 0 saturated carbocycles. The van der Waals surface area contributed by atoms with Crippen LogP contribution in [0.2, 0.25) is 0 Å². The molecular formula is C17H28FNO. The second kappa shape index (κ2) is 9.89. The molecule has 0 aliphatic carbocycles. The van der Waals surface area contributed by atoms with Crippen LogP contribution in [0.15, 0.2) is 24.3 Å². The Morgan fingerprint density at radius 2 is 2.00 bits per heavy atom. The zero-order valence-electron chi connectivity index (χ0n) is 13.0. The van der Waals surface area contributed by atoms with Crippen LogP contribution >= 0.6 is 0 Å². The molecule has 0 radical (unpaired) electrons. The summed E-state index contributed by atoms with van der Waals surface area (Å²) in [7, 11) is 0. The van der Waals surface area contributed by atoms with Crippen molar-refractivity contribution >= 4 is 0 Å². The molecule has 1 aromatic rings. The van der Waals surface area contributed by atoms with Gasteiger partial charge in [0.25, 0.3) is 0 Å². The Bertz CT molecular complexity index is 368. The van der Waals surface area contributed by atoms with E-state index in [-0.39, 0.29) is 11.7 Å². The highest BCUT2D eigenvalue weighted by Gasteiger charge is 2.15. The van der Waals surface area contributed by atoms with Gasteiger partial charge in [-0.05, 0) is 36.9 Å². The molecule has 1 unspecified atom stereocenters. The summed E-state index contributed by atoms with van der Waals surface area (Å²) >= 11 is 0. The van der Waals surface area contributed by atoms with Gasteiger partial charge in [0.15, 0.2) is 0 Å². The van der Waals surface area contributed by atoms with Crippen LogP contribution in [0.4, 0.5) is 4.39 Å². The maximum absolute atomic E-state index is 13.9. The van der Waals surface area contributed by atoms with Gasteiger partial charge >= 0.3 is 0 Å². The van der Waals surface area contributed by atoms with Crippen LogP contribution in [0.3, 0.4) is 0 Å². The lowest BCUT2D eigenvalue weighted by molar-refractivity contribution is 0.103. The topological polar surface area (TPSA) is 21.3 Å². The van der Waals surface area contributed by atoms with E-state index in [9.17, 15) is 4.39 Å². The lowest BCUT2D eigenvalue weighted by Gasteiger charge is -2.19. The van der Waals surface area contributed by atoms with E-state index >= 15 is 0 Å². The molecule has 0 heterocycles. The first-order chi connectivity index (χ1) is 9.65. The molecule has 0 aliphatic rings. The van der Waals surface area contributed by atoms with Crippen LogP contribution in [0.25, 0.3) is 0 Å². The Balaban J connectivity index is 2.54. The molecule has 114 valence electrons. The Morgan fingerprint density at radius 1 is 1.25 bits per heavy atom. The fourth-order valence-electron chi connectivity index (χ4n) is 2.17. The molecule has 0 fully saturated rings. The van der Waals surface area contributed by atoms with Gasteiger partial charge in [0.05, 0.1) is 0 Å². The minimum Gasteiger partial charge on any atom is -0.381 e. The smallest absolute Gasteiger partial charge is 0.126 e. The van der Waals surface area contributed by atoms with E-state index in [4.69, 9.17) is 4.74 Å². The van der Waals surface area contributed by atoms with E-state index < -0.39 is 0 Å². The average Bonchev–Trinajstić information content (AvgIpc) is 2.42. The molecule has 3 heteroatoms. The van der Waals surface area contributed by atoms with Gasteiger partial charge in [-0.15, -0.1) is 0 Å². The van der Waals surface area contributed by atoms with Crippen molar-refractivity contribution in [2.24, 2.45) is 5.92 Å². The zero-order chi connectivity index (χ0) is 14.8. The predicted molar refractivity (Wildman–Crippen MR) is 82.6 cm³/mol. The summed E-state index contributed by atoms with van der Waals surface area (Å²) in [6, 6.07) is 7.07. The number of benzene rings is 1. The van der Waals surface area contributed by atoms with Crippen molar-refractivity contribution in [1.29, 1.82) is 0 Å². The normalized spacial score (nSPS) is 12.8. The summed E-state index contributed by atoms with van der Waals surface area (Å²) in [4.78, 5) is 0. The fourth-order valence-corrected chi connectivity index (χ4v) is 2.17. The quantitative estimate of drug-likeness (QED) is 0.655. The average molecular weight is 281 g/mol. The third-order valence-corrected chi connectivity index (χ3v) is 3.22.